The van der Waals surface area contributed by atoms with Crippen LogP contribution in [0.15, 0.2) is 24.4 Å². The van der Waals surface area contributed by atoms with Crippen molar-refractivity contribution >= 4 is 40.2 Å². The number of thioether (sulfide) groups is 1. The maximum Gasteiger partial charge on any atom is 0.308 e. The summed E-state index contributed by atoms with van der Waals surface area (Å²) in [6.45, 7) is 4.85. The van der Waals surface area contributed by atoms with Gasteiger partial charge in [-0.15, -0.1) is 0 Å². The number of halogens is 1. The van der Waals surface area contributed by atoms with Gasteiger partial charge in [0.1, 0.15) is 5.75 Å². The van der Waals surface area contributed by atoms with Gasteiger partial charge in [-0.05, 0) is 74.1 Å². The Labute approximate surface area is 194 Å². The van der Waals surface area contributed by atoms with Crippen LogP contribution in [-0.4, -0.2) is 59.2 Å². The molecule has 1 saturated heterocycles. The molecule has 0 saturated carbocycles. The molecule has 2 heterocycles. The number of aliphatic carboxylic acids is 1. The summed E-state index contributed by atoms with van der Waals surface area (Å²) in [5.41, 5.74) is 1.97. The van der Waals surface area contributed by atoms with Gasteiger partial charge in [0, 0.05) is 30.4 Å². The van der Waals surface area contributed by atoms with Crippen LogP contribution < -0.4 is 4.74 Å². The lowest BCUT2D eigenvalue weighted by molar-refractivity contribution is -0.146. The lowest BCUT2D eigenvalue weighted by Gasteiger charge is -2.36. The summed E-state index contributed by atoms with van der Waals surface area (Å²) in [5, 5.41) is 11.5. The third kappa shape index (κ3) is 6.50. The number of hydrogen-bond donors (Lipinski definition) is 1. The molecule has 1 aliphatic heterocycles. The van der Waals surface area contributed by atoms with Crippen LogP contribution in [0.3, 0.4) is 0 Å². The zero-order valence-electron chi connectivity index (χ0n) is 18.5. The van der Waals surface area contributed by atoms with Gasteiger partial charge >= 0.3 is 5.97 Å². The highest BCUT2D eigenvalue weighted by Gasteiger charge is 2.33. The van der Waals surface area contributed by atoms with E-state index in [1.807, 2.05) is 30.0 Å². The number of aromatic nitrogens is 1. The van der Waals surface area contributed by atoms with Crippen molar-refractivity contribution in [1.29, 1.82) is 0 Å². The van der Waals surface area contributed by atoms with E-state index in [-0.39, 0.29) is 11.8 Å². The van der Waals surface area contributed by atoms with E-state index in [0.29, 0.717) is 11.6 Å². The zero-order valence-corrected chi connectivity index (χ0v) is 20.1. The number of carboxylic acids is 1. The Morgan fingerprint density at radius 1 is 1.39 bits per heavy atom. The van der Waals surface area contributed by atoms with E-state index in [2.05, 4.69) is 16.8 Å². The molecule has 0 bridgehead atoms. The summed E-state index contributed by atoms with van der Waals surface area (Å²) in [4.78, 5) is 18.7. The largest absolute Gasteiger partial charge is 0.497 e. The molecule has 2 atom stereocenters. The summed E-state index contributed by atoms with van der Waals surface area (Å²) in [5.74, 6) is 2.33. The molecule has 2 aromatic rings. The summed E-state index contributed by atoms with van der Waals surface area (Å²) < 4.78 is 5.37. The number of aryl methyl sites for hydroxylation is 1. The first-order chi connectivity index (χ1) is 15.0. The number of likely N-dealkylation sites (tertiary alicyclic amines) is 1. The number of ether oxygens (including phenoxy) is 1. The quantitative estimate of drug-likeness (QED) is 0.450. The minimum absolute atomic E-state index is 0.221. The third-order valence-electron chi connectivity index (χ3n) is 6.19. The Morgan fingerprint density at radius 2 is 2.23 bits per heavy atom. The SMILES string of the molecule is CCCSCCN1CC[C@H](CCCc2c(Cl)cnc3ccc(OC)cc23)[C@H](C(=O)O)C1. The highest BCUT2D eigenvalue weighted by molar-refractivity contribution is 7.99. The number of methoxy groups -OCH3 is 1. The molecule has 0 unspecified atom stereocenters. The van der Waals surface area contributed by atoms with E-state index in [1.54, 1.807) is 13.3 Å². The van der Waals surface area contributed by atoms with Crippen LogP contribution >= 0.6 is 23.4 Å². The fourth-order valence-electron chi connectivity index (χ4n) is 4.46. The molecule has 1 aliphatic rings. The molecular weight excluding hydrogens is 432 g/mol. The minimum atomic E-state index is -0.659. The van der Waals surface area contributed by atoms with Crippen LogP contribution in [0.1, 0.15) is 38.2 Å². The van der Waals surface area contributed by atoms with Crippen LogP contribution in [0, 0.1) is 11.8 Å². The second-order valence-corrected chi connectivity index (χ2v) is 9.90. The predicted octanol–water partition coefficient (Wildman–Crippen LogP) is 5.39. The smallest absolute Gasteiger partial charge is 0.308 e. The number of piperidine rings is 1. The second kappa shape index (κ2) is 11.9. The van der Waals surface area contributed by atoms with Crippen molar-refractivity contribution in [1.82, 2.24) is 9.88 Å². The van der Waals surface area contributed by atoms with Gasteiger partial charge in [0.15, 0.2) is 0 Å². The monoisotopic (exact) mass is 464 g/mol. The Kier molecular flexibility index (Phi) is 9.30. The predicted molar refractivity (Wildman–Crippen MR) is 130 cm³/mol. The maximum atomic E-state index is 11.9. The fourth-order valence-corrected chi connectivity index (χ4v) is 5.59. The van der Waals surface area contributed by atoms with E-state index >= 15 is 0 Å². The molecule has 1 fully saturated rings. The molecule has 170 valence electrons. The van der Waals surface area contributed by atoms with Crippen molar-refractivity contribution in [2.24, 2.45) is 11.8 Å². The van der Waals surface area contributed by atoms with Gasteiger partial charge in [0.25, 0.3) is 0 Å². The number of carbonyl (C=O) groups is 1. The number of nitrogens with zero attached hydrogens (tertiary/aromatic N) is 2. The number of pyridine rings is 1. The average molecular weight is 465 g/mol. The van der Waals surface area contributed by atoms with Crippen LogP contribution in [0.2, 0.25) is 5.02 Å². The second-order valence-electron chi connectivity index (χ2n) is 8.27. The fraction of sp³-hybridized carbons (Fsp3) is 0.583. The van der Waals surface area contributed by atoms with Crippen molar-refractivity contribution in [2.45, 2.75) is 39.0 Å². The van der Waals surface area contributed by atoms with Gasteiger partial charge < -0.3 is 14.7 Å². The molecule has 7 heteroatoms. The number of rotatable bonds is 11. The first kappa shape index (κ1) is 24.1. The lowest BCUT2D eigenvalue weighted by atomic mass is 9.81. The van der Waals surface area contributed by atoms with Gasteiger partial charge in [-0.1, -0.05) is 18.5 Å². The molecule has 0 spiro atoms. The Balaban J connectivity index is 1.60. The normalized spacial score (nSPS) is 19.6. The molecule has 1 aromatic carbocycles. The van der Waals surface area contributed by atoms with Crippen LogP contribution in [0.25, 0.3) is 10.9 Å². The number of hydrogen-bond acceptors (Lipinski definition) is 5. The van der Waals surface area contributed by atoms with Crippen molar-refractivity contribution in [2.75, 3.05) is 38.2 Å². The Morgan fingerprint density at radius 3 is 2.97 bits per heavy atom. The summed E-state index contributed by atoms with van der Waals surface area (Å²) in [7, 11) is 1.65. The molecule has 3 rings (SSSR count). The molecule has 1 aromatic heterocycles. The number of benzene rings is 1. The topological polar surface area (TPSA) is 62.7 Å². The van der Waals surface area contributed by atoms with Crippen molar-refractivity contribution in [3.05, 3.63) is 35.0 Å². The molecule has 0 amide bonds. The van der Waals surface area contributed by atoms with Crippen molar-refractivity contribution in [3.63, 3.8) is 0 Å². The van der Waals surface area contributed by atoms with Crippen LogP contribution in [0.5, 0.6) is 5.75 Å². The van der Waals surface area contributed by atoms with Gasteiger partial charge in [0.2, 0.25) is 0 Å². The molecule has 0 radical (unpaired) electrons. The van der Waals surface area contributed by atoms with E-state index < -0.39 is 5.97 Å². The molecule has 31 heavy (non-hydrogen) atoms. The Hall–Kier alpha value is -1.50. The lowest BCUT2D eigenvalue weighted by Crippen LogP contribution is -2.44. The highest BCUT2D eigenvalue weighted by atomic mass is 35.5. The maximum absolute atomic E-state index is 11.9. The molecule has 1 N–H and O–H groups in total. The molecule has 0 aliphatic carbocycles. The van der Waals surface area contributed by atoms with E-state index in [4.69, 9.17) is 16.3 Å². The highest BCUT2D eigenvalue weighted by Crippen LogP contribution is 2.32. The Bertz CT molecular complexity index is 879. The van der Waals surface area contributed by atoms with Crippen LogP contribution in [-0.2, 0) is 11.2 Å². The third-order valence-corrected chi connectivity index (χ3v) is 7.69. The van der Waals surface area contributed by atoms with Gasteiger partial charge in [0.05, 0.1) is 23.6 Å². The number of fused-ring (bicyclic) bond motifs is 1. The van der Waals surface area contributed by atoms with Crippen molar-refractivity contribution in [3.8, 4) is 5.75 Å². The zero-order chi connectivity index (χ0) is 22.2. The first-order valence-corrected chi connectivity index (χ1v) is 12.7. The minimum Gasteiger partial charge on any atom is -0.497 e. The average Bonchev–Trinajstić information content (AvgIpc) is 2.78. The van der Waals surface area contributed by atoms with Crippen molar-refractivity contribution < 1.29 is 14.6 Å². The number of carboxylic acid groups (broad SMARTS) is 1. The summed E-state index contributed by atoms with van der Waals surface area (Å²) >= 11 is 8.44. The van der Waals surface area contributed by atoms with Gasteiger partial charge in [-0.3, -0.25) is 9.78 Å². The summed E-state index contributed by atoms with van der Waals surface area (Å²) in [6, 6.07) is 5.83. The molecule has 5 nitrogen and oxygen atoms in total. The van der Waals surface area contributed by atoms with Gasteiger partial charge in [-0.25, -0.2) is 0 Å². The van der Waals surface area contributed by atoms with E-state index in [0.717, 1.165) is 66.7 Å². The standard InChI is InChI=1S/C24H33ClN2O3S/c1-3-12-31-13-11-27-10-9-17(21(16-27)24(28)29)5-4-6-19-20-14-18(30-2)7-8-23(20)26-15-22(19)25/h7-8,14-15,17,21H,3-6,9-13,16H2,1-2H3,(H,28,29)/t17-,21+/m0/s1. The van der Waals surface area contributed by atoms with E-state index in [9.17, 15) is 9.90 Å². The summed E-state index contributed by atoms with van der Waals surface area (Å²) in [6.07, 6.45) is 6.48. The van der Waals surface area contributed by atoms with Gasteiger partial charge in [-0.2, -0.15) is 11.8 Å². The molecular formula is C24H33ClN2O3S. The van der Waals surface area contributed by atoms with E-state index in [1.165, 1.54) is 12.2 Å². The van der Waals surface area contributed by atoms with Crippen LogP contribution in [0.4, 0.5) is 0 Å². The first-order valence-electron chi connectivity index (χ1n) is 11.2.